The third kappa shape index (κ3) is 6.47. The number of carbonyl (C=O) groups excluding carboxylic acids is 2. The van der Waals surface area contributed by atoms with Gasteiger partial charge < -0.3 is 19.7 Å². The minimum absolute atomic E-state index is 0.166. The van der Waals surface area contributed by atoms with Gasteiger partial charge in [-0.25, -0.2) is 4.79 Å². The predicted molar refractivity (Wildman–Crippen MR) is 84.8 cm³/mol. The molecule has 1 N–H and O–H groups in total. The number of likely N-dealkylation sites (N-methyl/N-ethyl adjacent to an activating group) is 1. The first-order valence-corrected chi connectivity index (χ1v) is 7.05. The van der Waals surface area contributed by atoms with Gasteiger partial charge in [0.2, 0.25) is 0 Å². The Morgan fingerprint density at radius 2 is 1.95 bits per heavy atom. The molecule has 0 fully saturated rings. The summed E-state index contributed by atoms with van der Waals surface area (Å²) in [5, 5.41) is 2.70. The average Bonchev–Trinajstić information content (AvgIpc) is 2.43. The van der Waals surface area contributed by atoms with Crippen molar-refractivity contribution >= 4 is 17.7 Å². The first-order chi connectivity index (χ1) is 10.2. The molecule has 122 valence electrons. The fourth-order valence-corrected chi connectivity index (χ4v) is 1.74. The molecule has 1 aromatic carbocycles. The van der Waals surface area contributed by atoms with Gasteiger partial charge in [-0.2, -0.15) is 0 Å². The van der Waals surface area contributed by atoms with Crippen LogP contribution < -0.4 is 10.2 Å². The fourth-order valence-electron chi connectivity index (χ4n) is 1.74. The lowest BCUT2D eigenvalue weighted by Gasteiger charge is -2.20. The molecular weight excluding hydrogens is 284 g/mol. The number of amides is 1. The highest BCUT2D eigenvalue weighted by Crippen LogP contribution is 2.15. The highest BCUT2D eigenvalue weighted by atomic mass is 16.6. The van der Waals surface area contributed by atoms with Crippen molar-refractivity contribution in [2.75, 3.05) is 25.6 Å². The molecule has 0 spiro atoms. The molecule has 0 aromatic heterocycles. The van der Waals surface area contributed by atoms with E-state index in [0.29, 0.717) is 6.54 Å². The summed E-state index contributed by atoms with van der Waals surface area (Å²) in [4.78, 5) is 24.7. The van der Waals surface area contributed by atoms with Gasteiger partial charge in [-0.3, -0.25) is 4.79 Å². The molecule has 0 saturated heterocycles. The summed E-state index contributed by atoms with van der Waals surface area (Å²) in [7, 11) is 3.16. The van der Waals surface area contributed by atoms with Gasteiger partial charge in [-0.1, -0.05) is 12.1 Å². The van der Waals surface area contributed by atoms with E-state index in [-0.39, 0.29) is 12.5 Å². The second-order valence-electron chi connectivity index (χ2n) is 5.96. The van der Waals surface area contributed by atoms with E-state index in [0.717, 1.165) is 11.3 Å². The van der Waals surface area contributed by atoms with E-state index < -0.39 is 11.7 Å². The fraction of sp³-hybridized carbons (Fsp3) is 0.500. The van der Waals surface area contributed by atoms with E-state index in [1.165, 1.54) is 7.11 Å². The second-order valence-corrected chi connectivity index (χ2v) is 5.96. The molecule has 0 bridgehead atoms. The Morgan fingerprint density at radius 3 is 2.55 bits per heavy atom. The molecule has 0 unspecified atom stereocenters. The number of rotatable bonds is 5. The molecular formula is C16H24N2O4. The Labute approximate surface area is 131 Å². The quantitative estimate of drug-likeness (QED) is 0.846. The molecule has 1 aromatic rings. The highest BCUT2D eigenvalue weighted by Gasteiger charge is 2.15. The van der Waals surface area contributed by atoms with Gasteiger partial charge in [0.25, 0.3) is 0 Å². The average molecular weight is 308 g/mol. The lowest BCUT2D eigenvalue weighted by molar-refractivity contribution is -0.138. The molecule has 0 radical (unpaired) electrons. The van der Waals surface area contributed by atoms with Crippen LogP contribution in [-0.2, 0) is 20.8 Å². The maximum Gasteiger partial charge on any atom is 0.407 e. The van der Waals surface area contributed by atoms with E-state index in [1.54, 1.807) is 11.9 Å². The van der Waals surface area contributed by atoms with Crippen LogP contribution in [0.4, 0.5) is 10.5 Å². The summed E-state index contributed by atoms with van der Waals surface area (Å²) in [6, 6.07) is 7.56. The zero-order valence-corrected chi connectivity index (χ0v) is 13.8. The van der Waals surface area contributed by atoms with Crippen molar-refractivity contribution in [3.63, 3.8) is 0 Å². The third-order valence-electron chi connectivity index (χ3n) is 2.78. The summed E-state index contributed by atoms with van der Waals surface area (Å²) in [6.45, 7) is 5.97. The van der Waals surface area contributed by atoms with Crippen molar-refractivity contribution in [3.05, 3.63) is 29.8 Å². The van der Waals surface area contributed by atoms with E-state index in [2.05, 4.69) is 10.1 Å². The van der Waals surface area contributed by atoms with Crippen LogP contribution in [0, 0.1) is 0 Å². The molecule has 22 heavy (non-hydrogen) atoms. The summed E-state index contributed by atoms with van der Waals surface area (Å²) in [5.41, 5.74) is 1.26. The van der Waals surface area contributed by atoms with Crippen LogP contribution in [0.25, 0.3) is 0 Å². The minimum atomic E-state index is -0.521. The van der Waals surface area contributed by atoms with Crippen LogP contribution >= 0.6 is 0 Å². The number of nitrogens with one attached hydrogen (secondary N) is 1. The number of benzene rings is 1. The molecule has 6 nitrogen and oxygen atoms in total. The SMILES string of the molecule is COC(=O)CN(C)c1cccc(CNC(=O)OC(C)(C)C)c1. The van der Waals surface area contributed by atoms with Crippen molar-refractivity contribution in [1.29, 1.82) is 0 Å². The van der Waals surface area contributed by atoms with Gasteiger partial charge in [0.15, 0.2) is 0 Å². The van der Waals surface area contributed by atoms with Crippen molar-refractivity contribution in [2.24, 2.45) is 0 Å². The lowest BCUT2D eigenvalue weighted by atomic mass is 10.2. The van der Waals surface area contributed by atoms with Crippen molar-refractivity contribution in [1.82, 2.24) is 5.32 Å². The molecule has 1 rings (SSSR count). The Kier molecular flexibility index (Phi) is 6.22. The summed E-state index contributed by atoms with van der Waals surface area (Å²) in [5.74, 6) is -0.306. The molecule has 0 heterocycles. The van der Waals surface area contributed by atoms with Gasteiger partial charge in [0.05, 0.1) is 7.11 Å². The number of nitrogens with zero attached hydrogens (tertiary/aromatic N) is 1. The Balaban J connectivity index is 2.61. The summed E-state index contributed by atoms with van der Waals surface area (Å²) < 4.78 is 9.83. The van der Waals surface area contributed by atoms with Crippen LogP contribution in [0.1, 0.15) is 26.3 Å². The number of hydrogen-bond acceptors (Lipinski definition) is 5. The smallest absolute Gasteiger partial charge is 0.407 e. The van der Waals surface area contributed by atoms with Crippen LogP contribution in [0.15, 0.2) is 24.3 Å². The number of anilines is 1. The molecule has 0 aliphatic rings. The minimum Gasteiger partial charge on any atom is -0.468 e. The van der Waals surface area contributed by atoms with Gasteiger partial charge in [-0.15, -0.1) is 0 Å². The van der Waals surface area contributed by atoms with Crippen molar-refractivity contribution in [3.8, 4) is 0 Å². The monoisotopic (exact) mass is 308 g/mol. The summed E-state index contributed by atoms with van der Waals surface area (Å²) >= 11 is 0. The van der Waals surface area contributed by atoms with Gasteiger partial charge in [0.1, 0.15) is 12.1 Å². The van der Waals surface area contributed by atoms with Gasteiger partial charge >= 0.3 is 12.1 Å². The van der Waals surface area contributed by atoms with Crippen molar-refractivity contribution < 1.29 is 19.1 Å². The zero-order chi connectivity index (χ0) is 16.8. The summed E-state index contributed by atoms with van der Waals surface area (Å²) in [6.07, 6.45) is -0.458. The zero-order valence-electron chi connectivity index (χ0n) is 13.8. The van der Waals surface area contributed by atoms with E-state index in [9.17, 15) is 9.59 Å². The normalized spacial score (nSPS) is 10.8. The first kappa shape index (κ1) is 17.8. The van der Waals surface area contributed by atoms with E-state index >= 15 is 0 Å². The van der Waals surface area contributed by atoms with E-state index in [1.807, 2.05) is 45.0 Å². The van der Waals surface area contributed by atoms with Crippen molar-refractivity contribution in [2.45, 2.75) is 32.9 Å². The number of hydrogen-bond donors (Lipinski definition) is 1. The van der Waals surface area contributed by atoms with Gasteiger partial charge in [-0.05, 0) is 38.5 Å². The predicted octanol–water partition coefficient (Wildman–Crippen LogP) is 2.32. The van der Waals surface area contributed by atoms with E-state index in [4.69, 9.17) is 4.74 Å². The van der Waals surface area contributed by atoms with Crippen LogP contribution in [0.2, 0.25) is 0 Å². The molecule has 0 aliphatic carbocycles. The number of ether oxygens (including phenoxy) is 2. The second kappa shape index (κ2) is 7.68. The topological polar surface area (TPSA) is 67.9 Å². The van der Waals surface area contributed by atoms with Crippen LogP contribution in [-0.4, -0.2) is 38.4 Å². The maximum absolute atomic E-state index is 11.6. The lowest BCUT2D eigenvalue weighted by Crippen LogP contribution is -2.32. The largest absolute Gasteiger partial charge is 0.468 e. The maximum atomic E-state index is 11.6. The van der Waals surface area contributed by atoms with Gasteiger partial charge in [0, 0.05) is 19.3 Å². The standard InChI is InChI=1S/C16H24N2O4/c1-16(2,3)22-15(20)17-10-12-7-6-8-13(9-12)18(4)11-14(19)21-5/h6-9H,10-11H2,1-5H3,(H,17,20). The third-order valence-corrected chi connectivity index (χ3v) is 2.78. The number of esters is 1. The molecule has 0 aliphatic heterocycles. The number of carbonyl (C=O) groups is 2. The Hall–Kier alpha value is -2.24. The number of alkyl carbamates (subject to hydrolysis) is 1. The molecule has 6 heteroatoms. The first-order valence-electron chi connectivity index (χ1n) is 7.05. The Bertz CT molecular complexity index is 523. The van der Waals surface area contributed by atoms with Crippen LogP contribution in [0.3, 0.4) is 0 Å². The van der Waals surface area contributed by atoms with Crippen LogP contribution in [0.5, 0.6) is 0 Å². The Morgan fingerprint density at radius 1 is 1.27 bits per heavy atom. The highest BCUT2D eigenvalue weighted by molar-refractivity contribution is 5.75. The molecule has 0 atom stereocenters. The molecule has 0 saturated carbocycles. The number of methoxy groups -OCH3 is 1. The molecule has 1 amide bonds.